The van der Waals surface area contributed by atoms with Crippen LogP contribution in [0.3, 0.4) is 0 Å². The van der Waals surface area contributed by atoms with Crippen molar-refractivity contribution in [3.8, 4) is 11.1 Å². The van der Waals surface area contributed by atoms with E-state index in [4.69, 9.17) is 4.74 Å². The molecule has 0 radical (unpaired) electrons. The molecule has 0 aliphatic carbocycles. The molecule has 0 unspecified atom stereocenters. The minimum atomic E-state index is -0.0151. The van der Waals surface area contributed by atoms with Gasteiger partial charge in [-0.3, -0.25) is 9.69 Å². The number of carbonyl (C=O) groups is 1. The minimum Gasteiger partial charge on any atom is -0.379 e. The molecule has 0 spiro atoms. The normalized spacial score (nSPS) is 15.2. The zero-order chi connectivity index (χ0) is 16.8. The molecule has 1 fully saturated rings. The molecule has 2 aromatic rings. The van der Waals surface area contributed by atoms with E-state index in [0.717, 1.165) is 38.4 Å². The van der Waals surface area contributed by atoms with Crippen molar-refractivity contribution in [1.29, 1.82) is 0 Å². The Balaban J connectivity index is 1.52. The summed E-state index contributed by atoms with van der Waals surface area (Å²) in [6.07, 6.45) is 0. The van der Waals surface area contributed by atoms with Gasteiger partial charge in [0.05, 0.1) is 13.2 Å². The zero-order valence-electron chi connectivity index (χ0n) is 14.1. The van der Waals surface area contributed by atoms with E-state index in [1.807, 2.05) is 24.3 Å². The number of aryl methyl sites for hydroxylation is 1. The summed E-state index contributed by atoms with van der Waals surface area (Å²) < 4.78 is 5.32. The van der Waals surface area contributed by atoms with Crippen molar-refractivity contribution < 1.29 is 9.53 Å². The smallest absolute Gasteiger partial charge is 0.251 e. The molecule has 4 nitrogen and oxygen atoms in total. The van der Waals surface area contributed by atoms with Crippen LogP contribution in [0, 0.1) is 6.92 Å². The van der Waals surface area contributed by atoms with Crippen molar-refractivity contribution in [2.45, 2.75) is 6.92 Å². The maximum atomic E-state index is 12.2. The van der Waals surface area contributed by atoms with Crippen LogP contribution in [0.15, 0.2) is 48.5 Å². The van der Waals surface area contributed by atoms with Crippen LogP contribution in [0.25, 0.3) is 11.1 Å². The molecule has 3 rings (SSSR count). The molecule has 24 heavy (non-hydrogen) atoms. The van der Waals surface area contributed by atoms with Gasteiger partial charge in [-0.25, -0.2) is 0 Å². The van der Waals surface area contributed by atoms with Crippen LogP contribution in [-0.4, -0.2) is 50.2 Å². The maximum absolute atomic E-state index is 12.2. The Kier molecular flexibility index (Phi) is 5.62. The van der Waals surface area contributed by atoms with Gasteiger partial charge in [-0.15, -0.1) is 0 Å². The summed E-state index contributed by atoms with van der Waals surface area (Å²) in [7, 11) is 0. The van der Waals surface area contributed by atoms with Gasteiger partial charge in [0.2, 0.25) is 0 Å². The van der Waals surface area contributed by atoms with E-state index >= 15 is 0 Å². The predicted octanol–water partition coefficient (Wildman–Crippen LogP) is 2.72. The van der Waals surface area contributed by atoms with E-state index in [-0.39, 0.29) is 5.91 Å². The topological polar surface area (TPSA) is 41.6 Å². The van der Waals surface area contributed by atoms with Crippen LogP contribution in [0.1, 0.15) is 15.9 Å². The van der Waals surface area contributed by atoms with Gasteiger partial charge in [0.15, 0.2) is 0 Å². The summed E-state index contributed by atoms with van der Waals surface area (Å²) in [4.78, 5) is 14.5. The van der Waals surface area contributed by atoms with Gasteiger partial charge in [-0.2, -0.15) is 0 Å². The molecular formula is C20H24N2O2. The molecule has 2 aromatic carbocycles. The van der Waals surface area contributed by atoms with E-state index < -0.39 is 0 Å². The van der Waals surface area contributed by atoms with Gasteiger partial charge in [-0.1, -0.05) is 42.0 Å². The molecular weight excluding hydrogens is 300 g/mol. The highest BCUT2D eigenvalue weighted by atomic mass is 16.5. The summed E-state index contributed by atoms with van der Waals surface area (Å²) in [5.41, 5.74) is 4.24. The van der Waals surface area contributed by atoms with Crippen LogP contribution in [0.5, 0.6) is 0 Å². The maximum Gasteiger partial charge on any atom is 0.251 e. The second-order valence-corrected chi connectivity index (χ2v) is 6.15. The number of ether oxygens (including phenoxy) is 1. The van der Waals surface area contributed by atoms with Gasteiger partial charge in [0.25, 0.3) is 5.91 Å². The van der Waals surface area contributed by atoms with Crippen molar-refractivity contribution in [1.82, 2.24) is 10.2 Å². The lowest BCUT2D eigenvalue weighted by molar-refractivity contribution is 0.0383. The Morgan fingerprint density at radius 1 is 1.00 bits per heavy atom. The molecule has 1 aliphatic rings. The Morgan fingerprint density at radius 3 is 2.21 bits per heavy atom. The third-order valence-corrected chi connectivity index (χ3v) is 4.35. The fraction of sp³-hybridized carbons (Fsp3) is 0.350. The molecule has 4 heteroatoms. The first-order valence-electron chi connectivity index (χ1n) is 8.48. The summed E-state index contributed by atoms with van der Waals surface area (Å²) in [5, 5.41) is 2.99. The van der Waals surface area contributed by atoms with E-state index in [1.165, 1.54) is 11.1 Å². The van der Waals surface area contributed by atoms with E-state index in [9.17, 15) is 4.79 Å². The molecule has 126 valence electrons. The molecule has 1 heterocycles. The molecule has 1 amide bonds. The third kappa shape index (κ3) is 4.43. The highest BCUT2D eigenvalue weighted by Gasteiger charge is 2.11. The zero-order valence-corrected chi connectivity index (χ0v) is 14.1. The Hall–Kier alpha value is -2.17. The number of morpholine rings is 1. The monoisotopic (exact) mass is 324 g/mol. The highest BCUT2D eigenvalue weighted by molar-refractivity contribution is 5.94. The first-order valence-corrected chi connectivity index (χ1v) is 8.48. The second-order valence-electron chi connectivity index (χ2n) is 6.15. The number of nitrogens with one attached hydrogen (secondary N) is 1. The highest BCUT2D eigenvalue weighted by Crippen LogP contribution is 2.20. The van der Waals surface area contributed by atoms with Crippen LogP contribution < -0.4 is 5.32 Å². The molecule has 0 atom stereocenters. The Morgan fingerprint density at radius 2 is 1.58 bits per heavy atom. The molecule has 1 saturated heterocycles. The van der Waals surface area contributed by atoms with E-state index in [1.54, 1.807) is 0 Å². The van der Waals surface area contributed by atoms with Gasteiger partial charge < -0.3 is 10.1 Å². The average molecular weight is 324 g/mol. The number of amides is 1. The predicted molar refractivity (Wildman–Crippen MR) is 96.2 cm³/mol. The second kappa shape index (κ2) is 8.08. The molecule has 1 N–H and O–H groups in total. The van der Waals surface area contributed by atoms with Crippen LogP contribution in [0.4, 0.5) is 0 Å². The van der Waals surface area contributed by atoms with E-state index in [2.05, 4.69) is 41.4 Å². The van der Waals surface area contributed by atoms with Crippen molar-refractivity contribution in [2.75, 3.05) is 39.4 Å². The number of hydrogen-bond acceptors (Lipinski definition) is 3. The number of nitrogens with zero attached hydrogens (tertiary/aromatic N) is 1. The lowest BCUT2D eigenvalue weighted by atomic mass is 10.0. The van der Waals surface area contributed by atoms with Crippen LogP contribution >= 0.6 is 0 Å². The molecule has 1 aliphatic heterocycles. The average Bonchev–Trinajstić information content (AvgIpc) is 2.63. The van der Waals surface area contributed by atoms with Crippen molar-refractivity contribution >= 4 is 5.91 Å². The van der Waals surface area contributed by atoms with Gasteiger partial charge in [0.1, 0.15) is 0 Å². The first-order chi connectivity index (χ1) is 11.7. The lowest BCUT2D eigenvalue weighted by Crippen LogP contribution is -2.41. The van der Waals surface area contributed by atoms with Crippen molar-refractivity contribution in [3.63, 3.8) is 0 Å². The standard InChI is InChI=1S/C20H24N2O2/c1-16-2-4-17(5-3-16)18-6-8-19(9-7-18)20(23)21-10-11-22-12-14-24-15-13-22/h2-9H,10-15H2,1H3,(H,21,23). The quantitative estimate of drug-likeness (QED) is 0.919. The molecule has 0 saturated carbocycles. The summed E-state index contributed by atoms with van der Waals surface area (Å²) in [6, 6.07) is 16.2. The fourth-order valence-electron chi connectivity index (χ4n) is 2.81. The molecule has 0 bridgehead atoms. The number of hydrogen-bond donors (Lipinski definition) is 1. The van der Waals surface area contributed by atoms with E-state index in [0.29, 0.717) is 12.1 Å². The molecule has 0 aromatic heterocycles. The van der Waals surface area contributed by atoms with Gasteiger partial charge >= 0.3 is 0 Å². The number of carbonyl (C=O) groups excluding carboxylic acids is 1. The lowest BCUT2D eigenvalue weighted by Gasteiger charge is -2.26. The Labute approximate surface area is 143 Å². The number of rotatable bonds is 5. The number of benzene rings is 2. The Bertz CT molecular complexity index is 659. The fourth-order valence-corrected chi connectivity index (χ4v) is 2.81. The van der Waals surface area contributed by atoms with Gasteiger partial charge in [0, 0.05) is 31.7 Å². The summed E-state index contributed by atoms with van der Waals surface area (Å²) in [5.74, 6) is -0.0151. The SMILES string of the molecule is Cc1ccc(-c2ccc(C(=O)NCCN3CCOCC3)cc2)cc1. The van der Waals surface area contributed by atoms with Crippen LogP contribution in [0.2, 0.25) is 0 Å². The van der Waals surface area contributed by atoms with Crippen molar-refractivity contribution in [2.24, 2.45) is 0 Å². The minimum absolute atomic E-state index is 0.0151. The third-order valence-electron chi connectivity index (χ3n) is 4.35. The van der Waals surface area contributed by atoms with Crippen molar-refractivity contribution in [3.05, 3.63) is 59.7 Å². The summed E-state index contributed by atoms with van der Waals surface area (Å²) in [6.45, 7) is 7.08. The summed E-state index contributed by atoms with van der Waals surface area (Å²) >= 11 is 0. The van der Waals surface area contributed by atoms with Crippen LogP contribution in [-0.2, 0) is 4.74 Å². The first kappa shape index (κ1) is 16.7. The van der Waals surface area contributed by atoms with Gasteiger partial charge in [-0.05, 0) is 30.2 Å². The largest absolute Gasteiger partial charge is 0.379 e.